The molecule has 0 aromatic heterocycles. The Kier molecular flexibility index (Phi) is 7.82. The van der Waals surface area contributed by atoms with Crippen LogP contribution in [-0.4, -0.2) is 49.8 Å². The van der Waals surface area contributed by atoms with Gasteiger partial charge in [-0.15, -0.1) is 0 Å². The Hall–Kier alpha value is -0.900. The lowest BCUT2D eigenvalue weighted by Crippen LogP contribution is -2.46. The summed E-state index contributed by atoms with van der Waals surface area (Å²) in [4.78, 5) is 2.38. The van der Waals surface area contributed by atoms with Gasteiger partial charge in [0.15, 0.2) is 0 Å². The number of aliphatic hydroxyl groups is 1. The van der Waals surface area contributed by atoms with Gasteiger partial charge in [0.1, 0.15) is 0 Å². The van der Waals surface area contributed by atoms with Crippen molar-refractivity contribution in [2.45, 2.75) is 32.1 Å². The number of nitrogens with one attached hydrogen (secondary N) is 1. The molecule has 1 atom stereocenters. The molecule has 0 amide bonds. The normalized spacial score (nSPS) is 14.4. The average Bonchev–Trinajstić information content (AvgIpc) is 2.46. The number of likely N-dealkylation sites (N-methyl/N-ethyl adjacent to an activating group) is 1. The zero-order valence-corrected chi connectivity index (χ0v) is 13.2. The Bertz CT molecular complexity index is 355. The van der Waals surface area contributed by atoms with Crippen LogP contribution in [0, 0.1) is 0 Å². The minimum absolute atomic E-state index is 0.0684. The first-order valence-corrected chi connectivity index (χ1v) is 7.69. The number of hydrogen-bond donors (Lipinski definition) is 2. The van der Waals surface area contributed by atoms with Crippen molar-refractivity contribution in [1.82, 2.24) is 10.2 Å². The number of benzene rings is 1. The van der Waals surface area contributed by atoms with Gasteiger partial charge in [-0.05, 0) is 25.6 Å². The Labute approximate surface area is 124 Å². The summed E-state index contributed by atoms with van der Waals surface area (Å²) in [5.41, 5.74) is 1.42. The van der Waals surface area contributed by atoms with Gasteiger partial charge in [-0.25, -0.2) is 0 Å². The van der Waals surface area contributed by atoms with Crippen molar-refractivity contribution in [1.29, 1.82) is 0 Å². The molecule has 0 aliphatic rings. The van der Waals surface area contributed by atoms with E-state index in [-0.39, 0.29) is 12.0 Å². The van der Waals surface area contributed by atoms with Gasteiger partial charge < -0.3 is 15.3 Å². The second-order valence-corrected chi connectivity index (χ2v) is 5.81. The summed E-state index contributed by atoms with van der Waals surface area (Å²) in [7, 11) is 2.00. The number of unbranched alkanes of at least 4 members (excludes halogenated alkanes) is 1. The predicted molar refractivity (Wildman–Crippen MR) is 86.2 cm³/mol. The van der Waals surface area contributed by atoms with E-state index in [4.69, 9.17) is 0 Å². The number of aliphatic hydroxyl groups excluding tert-OH is 1. The third-order valence-electron chi connectivity index (χ3n) is 3.85. The highest BCUT2D eigenvalue weighted by Crippen LogP contribution is 2.24. The second-order valence-electron chi connectivity index (χ2n) is 5.81. The summed E-state index contributed by atoms with van der Waals surface area (Å²) >= 11 is 0. The van der Waals surface area contributed by atoms with E-state index in [9.17, 15) is 5.11 Å². The molecule has 20 heavy (non-hydrogen) atoms. The quantitative estimate of drug-likeness (QED) is 0.689. The van der Waals surface area contributed by atoms with E-state index in [1.165, 1.54) is 18.4 Å². The van der Waals surface area contributed by atoms with Gasteiger partial charge in [0.2, 0.25) is 0 Å². The molecule has 0 heterocycles. The zero-order valence-electron chi connectivity index (χ0n) is 13.2. The van der Waals surface area contributed by atoms with Crippen LogP contribution in [-0.2, 0) is 5.41 Å². The van der Waals surface area contributed by atoms with Crippen molar-refractivity contribution in [2.24, 2.45) is 0 Å². The van der Waals surface area contributed by atoms with Crippen molar-refractivity contribution >= 4 is 0 Å². The maximum absolute atomic E-state index is 9.28. The second kappa shape index (κ2) is 9.11. The minimum atomic E-state index is 0.0684. The van der Waals surface area contributed by atoms with Gasteiger partial charge in [-0.2, -0.15) is 0 Å². The largest absolute Gasteiger partial charge is 0.395 e. The predicted octanol–water partition coefficient (Wildman–Crippen LogP) is 2.26. The lowest BCUT2D eigenvalue weighted by molar-refractivity contribution is 0.164. The molecule has 1 unspecified atom stereocenters. The SMILES string of the molecule is CCCCN(CCO)CC(C)(CNC)c1ccccc1. The van der Waals surface area contributed by atoms with Gasteiger partial charge in [0, 0.05) is 25.0 Å². The smallest absolute Gasteiger partial charge is 0.0558 e. The summed E-state index contributed by atoms with van der Waals surface area (Å²) in [6.45, 7) is 8.46. The molecule has 0 saturated heterocycles. The van der Waals surface area contributed by atoms with Gasteiger partial charge in [0.25, 0.3) is 0 Å². The van der Waals surface area contributed by atoms with Crippen molar-refractivity contribution in [3.8, 4) is 0 Å². The van der Waals surface area contributed by atoms with Crippen LogP contribution in [0.15, 0.2) is 30.3 Å². The third kappa shape index (κ3) is 5.23. The molecule has 3 heteroatoms. The van der Waals surface area contributed by atoms with E-state index in [2.05, 4.69) is 54.4 Å². The Balaban J connectivity index is 2.82. The van der Waals surface area contributed by atoms with E-state index in [0.29, 0.717) is 0 Å². The number of hydrogen-bond acceptors (Lipinski definition) is 3. The zero-order chi connectivity index (χ0) is 14.8. The molecule has 0 bridgehead atoms. The van der Waals surface area contributed by atoms with Gasteiger partial charge >= 0.3 is 0 Å². The molecule has 3 nitrogen and oxygen atoms in total. The van der Waals surface area contributed by atoms with Crippen LogP contribution in [0.2, 0.25) is 0 Å². The van der Waals surface area contributed by atoms with E-state index in [0.717, 1.165) is 26.2 Å². The highest BCUT2D eigenvalue weighted by Gasteiger charge is 2.28. The van der Waals surface area contributed by atoms with Crippen LogP contribution in [0.25, 0.3) is 0 Å². The highest BCUT2D eigenvalue weighted by molar-refractivity contribution is 5.25. The fourth-order valence-electron chi connectivity index (χ4n) is 2.77. The third-order valence-corrected chi connectivity index (χ3v) is 3.85. The van der Waals surface area contributed by atoms with Crippen molar-refractivity contribution in [3.05, 3.63) is 35.9 Å². The van der Waals surface area contributed by atoms with Crippen LogP contribution in [0.3, 0.4) is 0 Å². The summed E-state index contributed by atoms with van der Waals surface area (Å²) in [6.07, 6.45) is 2.38. The molecule has 0 aliphatic heterocycles. The first-order chi connectivity index (χ1) is 9.66. The molecule has 1 rings (SSSR count). The van der Waals surface area contributed by atoms with Crippen LogP contribution < -0.4 is 5.32 Å². The molecule has 1 aromatic carbocycles. The fourth-order valence-corrected chi connectivity index (χ4v) is 2.77. The summed E-state index contributed by atoms with van der Waals surface area (Å²) in [5, 5.41) is 12.6. The maximum atomic E-state index is 9.28. The number of nitrogens with zero attached hydrogens (tertiary/aromatic N) is 1. The summed E-state index contributed by atoms with van der Waals surface area (Å²) in [5.74, 6) is 0. The van der Waals surface area contributed by atoms with Crippen molar-refractivity contribution in [3.63, 3.8) is 0 Å². The molecule has 0 spiro atoms. The fraction of sp³-hybridized carbons (Fsp3) is 0.647. The molecular formula is C17H30N2O. The number of rotatable bonds is 10. The highest BCUT2D eigenvalue weighted by atomic mass is 16.3. The Morgan fingerprint density at radius 2 is 1.90 bits per heavy atom. The van der Waals surface area contributed by atoms with E-state index in [1.54, 1.807) is 0 Å². The molecule has 0 aliphatic carbocycles. The van der Waals surface area contributed by atoms with Crippen LogP contribution in [0.4, 0.5) is 0 Å². The monoisotopic (exact) mass is 278 g/mol. The Morgan fingerprint density at radius 3 is 2.45 bits per heavy atom. The van der Waals surface area contributed by atoms with E-state index in [1.807, 2.05) is 7.05 Å². The standard InChI is InChI=1S/C17H30N2O/c1-4-5-11-19(12-13-20)15-17(2,14-18-3)16-9-7-6-8-10-16/h6-10,18,20H,4-5,11-15H2,1-3H3. The first-order valence-electron chi connectivity index (χ1n) is 7.69. The van der Waals surface area contributed by atoms with Crippen LogP contribution >= 0.6 is 0 Å². The molecule has 1 aromatic rings. The average molecular weight is 278 g/mol. The molecule has 0 saturated carbocycles. The first kappa shape index (κ1) is 17.2. The molecular weight excluding hydrogens is 248 g/mol. The van der Waals surface area contributed by atoms with Crippen LogP contribution in [0.1, 0.15) is 32.3 Å². The topological polar surface area (TPSA) is 35.5 Å². The molecule has 114 valence electrons. The molecule has 2 N–H and O–H groups in total. The lowest BCUT2D eigenvalue weighted by Gasteiger charge is -2.36. The molecule has 0 radical (unpaired) electrons. The van der Waals surface area contributed by atoms with Gasteiger partial charge in [0.05, 0.1) is 6.61 Å². The van der Waals surface area contributed by atoms with Gasteiger partial charge in [-0.3, -0.25) is 0 Å². The lowest BCUT2D eigenvalue weighted by atomic mass is 9.81. The summed E-state index contributed by atoms with van der Waals surface area (Å²) < 4.78 is 0. The van der Waals surface area contributed by atoms with Gasteiger partial charge in [-0.1, -0.05) is 50.6 Å². The van der Waals surface area contributed by atoms with E-state index < -0.39 is 0 Å². The molecule has 0 fully saturated rings. The van der Waals surface area contributed by atoms with E-state index >= 15 is 0 Å². The maximum Gasteiger partial charge on any atom is 0.0558 e. The summed E-state index contributed by atoms with van der Waals surface area (Å²) in [6, 6.07) is 10.7. The van der Waals surface area contributed by atoms with Crippen LogP contribution in [0.5, 0.6) is 0 Å². The van der Waals surface area contributed by atoms with Crippen molar-refractivity contribution in [2.75, 3.05) is 39.8 Å². The minimum Gasteiger partial charge on any atom is -0.395 e. The Morgan fingerprint density at radius 1 is 1.20 bits per heavy atom. The van der Waals surface area contributed by atoms with Crippen molar-refractivity contribution < 1.29 is 5.11 Å².